The maximum absolute atomic E-state index is 11.8. The molecule has 124 valence electrons. The van der Waals surface area contributed by atoms with Crippen LogP contribution in [-0.2, 0) is 14.0 Å². The van der Waals surface area contributed by atoms with Crippen molar-refractivity contribution in [3.05, 3.63) is 0 Å². The molecule has 5 nitrogen and oxygen atoms in total. The molecule has 0 bridgehead atoms. The summed E-state index contributed by atoms with van der Waals surface area (Å²) >= 11 is 0. The summed E-state index contributed by atoms with van der Waals surface area (Å²) in [6.07, 6.45) is -0.242. The van der Waals surface area contributed by atoms with Gasteiger partial charge in [-0.3, -0.25) is 4.79 Å². The number of Topliss-reactive ketones (excluding diaryl/α,β-unsaturated/α-hetero) is 1. The summed E-state index contributed by atoms with van der Waals surface area (Å²) in [7, 11) is -1.89. The molecule has 1 N–H and O–H groups in total. The molecule has 0 aromatic carbocycles. The zero-order chi connectivity index (χ0) is 16.9. The molecule has 0 fully saturated rings. The molecule has 0 aromatic rings. The molecule has 0 saturated carbocycles. The fraction of sp³-hybridized carbons (Fsp3) is 0.867. The summed E-state index contributed by atoms with van der Waals surface area (Å²) in [6.45, 7) is 16.4. The summed E-state index contributed by atoms with van der Waals surface area (Å²) in [5, 5.41) is 2.66. The van der Waals surface area contributed by atoms with Gasteiger partial charge in [0, 0.05) is 13.0 Å². The van der Waals surface area contributed by atoms with Gasteiger partial charge in [-0.2, -0.15) is 0 Å². The van der Waals surface area contributed by atoms with E-state index in [1.54, 1.807) is 20.8 Å². The Labute approximate surface area is 129 Å². The Bertz CT molecular complexity index is 367. The highest BCUT2D eigenvalue weighted by molar-refractivity contribution is 6.74. The number of nitrogens with one attached hydrogen (secondary N) is 1. The second kappa shape index (κ2) is 7.40. The van der Waals surface area contributed by atoms with E-state index in [1.165, 1.54) is 0 Å². The predicted octanol–water partition coefficient (Wildman–Crippen LogP) is 3.49. The van der Waals surface area contributed by atoms with E-state index in [0.717, 1.165) is 0 Å². The fourth-order valence-electron chi connectivity index (χ4n) is 1.17. The van der Waals surface area contributed by atoms with Crippen molar-refractivity contribution in [3.63, 3.8) is 0 Å². The third-order valence-corrected chi connectivity index (χ3v) is 7.95. The minimum atomic E-state index is -1.89. The lowest BCUT2D eigenvalue weighted by Crippen LogP contribution is -2.42. The molecular weight excluding hydrogens is 286 g/mol. The van der Waals surface area contributed by atoms with Crippen LogP contribution in [0, 0.1) is 0 Å². The average molecular weight is 318 g/mol. The summed E-state index contributed by atoms with van der Waals surface area (Å²) in [6, 6.07) is 0. The minimum absolute atomic E-state index is 0.00381. The number of carbonyl (C=O) groups is 2. The largest absolute Gasteiger partial charge is 0.444 e. The quantitative estimate of drug-likeness (QED) is 0.762. The molecular formula is C15H31NO4Si. The van der Waals surface area contributed by atoms with E-state index in [1.807, 2.05) is 0 Å². The average Bonchev–Trinajstić information content (AvgIpc) is 2.22. The van der Waals surface area contributed by atoms with Crippen molar-refractivity contribution in [2.24, 2.45) is 0 Å². The number of hydrogen-bond acceptors (Lipinski definition) is 4. The molecule has 0 aliphatic carbocycles. The van der Waals surface area contributed by atoms with Crippen LogP contribution in [0.15, 0.2) is 0 Å². The molecule has 0 atom stereocenters. The molecule has 0 spiro atoms. The smallest absolute Gasteiger partial charge is 0.407 e. The normalized spacial score (nSPS) is 13.0. The second-order valence-electron chi connectivity index (χ2n) is 7.77. The van der Waals surface area contributed by atoms with E-state index in [2.05, 4.69) is 39.2 Å². The van der Waals surface area contributed by atoms with Gasteiger partial charge in [0.1, 0.15) is 5.60 Å². The first kappa shape index (κ1) is 20.1. The zero-order valence-electron chi connectivity index (χ0n) is 14.8. The number of carbonyl (C=O) groups excluding carboxylic acids is 2. The Kier molecular flexibility index (Phi) is 7.09. The number of ketones is 1. The van der Waals surface area contributed by atoms with Crippen LogP contribution in [0.25, 0.3) is 0 Å². The number of alkyl carbamates (subject to hydrolysis) is 1. The van der Waals surface area contributed by atoms with Crippen molar-refractivity contribution >= 4 is 20.2 Å². The molecule has 0 saturated heterocycles. The van der Waals surface area contributed by atoms with Crippen LogP contribution >= 0.6 is 0 Å². The Morgan fingerprint density at radius 3 is 2.00 bits per heavy atom. The van der Waals surface area contributed by atoms with E-state index in [0.29, 0.717) is 0 Å². The summed E-state index contributed by atoms with van der Waals surface area (Å²) in [4.78, 5) is 23.2. The number of rotatable bonds is 6. The van der Waals surface area contributed by atoms with Gasteiger partial charge in [0.25, 0.3) is 0 Å². The van der Waals surface area contributed by atoms with Crippen molar-refractivity contribution in [1.29, 1.82) is 0 Å². The molecule has 0 aliphatic heterocycles. The first-order chi connectivity index (χ1) is 9.24. The van der Waals surface area contributed by atoms with Crippen LogP contribution < -0.4 is 5.32 Å². The number of hydrogen-bond donors (Lipinski definition) is 1. The summed E-state index contributed by atoms with van der Waals surface area (Å²) < 4.78 is 10.9. The first-order valence-corrected chi connectivity index (χ1v) is 10.3. The number of amides is 1. The lowest BCUT2D eigenvalue weighted by Gasteiger charge is -2.35. The van der Waals surface area contributed by atoms with Crippen molar-refractivity contribution in [3.8, 4) is 0 Å². The fourth-order valence-corrected chi connectivity index (χ4v) is 2.12. The maximum atomic E-state index is 11.8. The highest BCUT2D eigenvalue weighted by atomic mass is 28.4. The van der Waals surface area contributed by atoms with E-state index >= 15 is 0 Å². The summed E-state index contributed by atoms with van der Waals surface area (Å²) in [5.41, 5.74) is -0.528. The molecule has 21 heavy (non-hydrogen) atoms. The standard InChI is InChI=1S/C15H31NO4Si/c1-14(2,3)20-13(18)16-10-9-12(17)11-19-21(7,8)15(4,5)6/h9-11H2,1-8H3,(H,16,18). The first-order valence-electron chi connectivity index (χ1n) is 7.37. The Morgan fingerprint density at radius 2 is 1.57 bits per heavy atom. The Balaban J connectivity index is 4.00. The van der Waals surface area contributed by atoms with Gasteiger partial charge in [-0.1, -0.05) is 20.8 Å². The van der Waals surface area contributed by atoms with E-state index in [4.69, 9.17) is 9.16 Å². The van der Waals surface area contributed by atoms with Crippen molar-refractivity contribution < 1.29 is 18.8 Å². The van der Waals surface area contributed by atoms with Crippen LogP contribution in [0.1, 0.15) is 48.0 Å². The third kappa shape index (κ3) is 8.88. The van der Waals surface area contributed by atoms with E-state index in [-0.39, 0.29) is 30.4 Å². The molecule has 0 radical (unpaired) electrons. The lowest BCUT2D eigenvalue weighted by molar-refractivity contribution is -0.121. The molecule has 0 aromatic heterocycles. The van der Waals surface area contributed by atoms with Gasteiger partial charge < -0.3 is 14.5 Å². The van der Waals surface area contributed by atoms with Crippen molar-refractivity contribution in [2.75, 3.05) is 13.2 Å². The second-order valence-corrected chi connectivity index (χ2v) is 12.6. The van der Waals surface area contributed by atoms with E-state index < -0.39 is 20.0 Å². The van der Waals surface area contributed by atoms with Crippen molar-refractivity contribution in [2.45, 2.75) is 71.7 Å². The van der Waals surface area contributed by atoms with Gasteiger partial charge in [-0.15, -0.1) is 0 Å². The topological polar surface area (TPSA) is 64.6 Å². The Hall–Kier alpha value is -0.883. The summed E-state index contributed by atoms with van der Waals surface area (Å²) in [5.74, 6) is -0.00381. The van der Waals surface area contributed by atoms with Crippen LogP contribution in [0.5, 0.6) is 0 Å². The van der Waals surface area contributed by atoms with Crippen molar-refractivity contribution in [1.82, 2.24) is 5.32 Å². The minimum Gasteiger partial charge on any atom is -0.444 e. The maximum Gasteiger partial charge on any atom is 0.407 e. The zero-order valence-corrected chi connectivity index (χ0v) is 15.8. The highest BCUT2D eigenvalue weighted by Crippen LogP contribution is 2.36. The van der Waals surface area contributed by atoms with Crippen LogP contribution in [-0.4, -0.2) is 38.9 Å². The lowest BCUT2D eigenvalue weighted by atomic mass is 10.2. The van der Waals surface area contributed by atoms with Gasteiger partial charge in [0.15, 0.2) is 14.1 Å². The molecule has 0 unspecified atom stereocenters. The Morgan fingerprint density at radius 1 is 1.05 bits per heavy atom. The third-order valence-electron chi connectivity index (χ3n) is 3.47. The van der Waals surface area contributed by atoms with Gasteiger partial charge in [0.2, 0.25) is 0 Å². The number of ether oxygens (including phenoxy) is 1. The highest BCUT2D eigenvalue weighted by Gasteiger charge is 2.37. The monoisotopic (exact) mass is 317 g/mol. The van der Waals surface area contributed by atoms with Gasteiger partial charge in [-0.25, -0.2) is 4.79 Å². The molecule has 0 aliphatic rings. The van der Waals surface area contributed by atoms with Gasteiger partial charge in [-0.05, 0) is 38.9 Å². The molecule has 6 heteroatoms. The van der Waals surface area contributed by atoms with Gasteiger partial charge in [0.05, 0.1) is 6.61 Å². The molecule has 0 rings (SSSR count). The molecule has 1 amide bonds. The molecule has 0 heterocycles. The predicted molar refractivity (Wildman–Crippen MR) is 87.0 cm³/mol. The van der Waals surface area contributed by atoms with Crippen LogP contribution in [0.4, 0.5) is 4.79 Å². The van der Waals surface area contributed by atoms with E-state index in [9.17, 15) is 9.59 Å². The SMILES string of the molecule is CC(C)(C)OC(=O)NCCC(=O)CO[Si](C)(C)C(C)(C)C. The van der Waals surface area contributed by atoms with Crippen LogP contribution in [0.2, 0.25) is 18.1 Å². The van der Waals surface area contributed by atoms with Crippen LogP contribution in [0.3, 0.4) is 0 Å². The van der Waals surface area contributed by atoms with Gasteiger partial charge >= 0.3 is 6.09 Å².